The largest absolute Gasteiger partial charge is 0.484 e. The van der Waals surface area contributed by atoms with E-state index in [4.69, 9.17) is 16.3 Å². The van der Waals surface area contributed by atoms with Gasteiger partial charge < -0.3 is 15.0 Å². The molecular formula is C20H21ClN2O4. The van der Waals surface area contributed by atoms with Crippen LogP contribution in [-0.4, -0.2) is 43.2 Å². The summed E-state index contributed by atoms with van der Waals surface area (Å²) in [6, 6.07) is 11.3. The van der Waals surface area contributed by atoms with E-state index in [0.717, 1.165) is 0 Å². The van der Waals surface area contributed by atoms with Crippen LogP contribution in [0.3, 0.4) is 0 Å². The van der Waals surface area contributed by atoms with Gasteiger partial charge in [0.2, 0.25) is 0 Å². The number of hydrogen-bond acceptors (Lipinski definition) is 4. The average Bonchev–Trinajstić information content (AvgIpc) is 2.67. The number of nitrogens with one attached hydrogen (secondary N) is 1. The van der Waals surface area contributed by atoms with Gasteiger partial charge in [0, 0.05) is 31.6 Å². The number of Topliss-reactive ketones (excluding diaryl/α,β-unsaturated/α-hetero) is 1. The van der Waals surface area contributed by atoms with E-state index in [2.05, 4.69) is 5.32 Å². The Morgan fingerprint density at radius 1 is 1.04 bits per heavy atom. The summed E-state index contributed by atoms with van der Waals surface area (Å²) in [5.74, 6) is -0.0956. The number of carbonyl (C=O) groups excluding carboxylic acids is 3. The van der Waals surface area contributed by atoms with Gasteiger partial charge in [-0.15, -0.1) is 0 Å². The Bertz CT molecular complexity index is 848. The van der Waals surface area contributed by atoms with Crippen LogP contribution < -0.4 is 10.1 Å². The highest BCUT2D eigenvalue weighted by molar-refractivity contribution is 6.33. The van der Waals surface area contributed by atoms with E-state index < -0.39 is 5.91 Å². The number of halogens is 1. The van der Waals surface area contributed by atoms with Crippen molar-refractivity contribution in [1.82, 2.24) is 4.90 Å². The standard InChI is InChI=1S/C20H21ClN2O4/c1-4-18(24)13-5-8-15(9-6-13)27-12-19(25)22-17-11-14(7-10-16(17)21)20(26)23(2)3/h5-11H,4,12H2,1-3H3,(H,22,25). The molecule has 1 N–H and O–H groups in total. The first-order valence-electron chi connectivity index (χ1n) is 8.39. The number of ketones is 1. The predicted octanol–water partition coefficient (Wildman–Crippen LogP) is 3.65. The summed E-state index contributed by atoms with van der Waals surface area (Å²) in [6.07, 6.45) is 0.429. The summed E-state index contributed by atoms with van der Waals surface area (Å²) < 4.78 is 5.42. The molecule has 2 aromatic carbocycles. The molecule has 27 heavy (non-hydrogen) atoms. The highest BCUT2D eigenvalue weighted by Crippen LogP contribution is 2.23. The van der Waals surface area contributed by atoms with Crippen molar-refractivity contribution in [2.75, 3.05) is 26.0 Å². The van der Waals surface area contributed by atoms with E-state index in [-0.39, 0.29) is 18.3 Å². The van der Waals surface area contributed by atoms with Gasteiger partial charge in [-0.1, -0.05) is 18.5 Å². The van der Waals surface area contributed by atoms with Crippen LogP contribution in [0.4, 0.5) is 5.69 Å². The van der Waals surface area contributed by atoms with Gasteiger partial charge in [0.25, 0.3) is 11.8 Å². The fourth-order valence-corrected chi connectivity index (χ4v) is 2.45. The second kappa shape index (κ2) is 9.19. The minimum absolute atomic E-state index is 0.0427. The number of ether oxygens (including phenoxy) is 1. The summed E-state index contributed by atoms with van der Waals surface area (Å²) in [6.45, 7) is 1.56. The molecule has 0 saturated heterocycles. The molecular weight excluding hydrogens is 368 g/mol. The molecule has 0 heterocycles. The molecule has 0 saturated carbocycles. The molecule has 0 atom stereocenters. The number of nitrogens with zero attached hydrogens (tertiary/aromatic N) is 1. The minimum Gasteiger partial charge on any atom is -0.484 e. The molecule has 0 fully saturated rings. The van der Waals surface area contributed by atoms with Crippen LogP contribution in [-0.2, 0) is 4.79 Å². The monoisotopic (exact) mass is 388 g/mol. The van der Waals surface area contributed by atoms with E-state index in [9.17, 15) is 14.4 Å². The number of carbonyl (C=O) groups is 3. The summed E-state index contributed by atoms with van der Waals surface area (Å²) in [5.41, 5.74) is 1.35. The van der Waals surface area contributed by atoms with Crippen LogP contribution in [0.1, 0.15) is 34.1 Å². The van der Waals surface area contributed by atoms with Crippen LogP contribution in [0.2, 0.25) is 5.02 Å². The third-order valence-electron chi connectivity index (χ3n) is 3.76. The van der Waals surface area contributed by atoms with Gasteiger partial charge in [0.05, 0.1) is 10.7 Å². The summed E-state index contributed by atoms with van der Waals surface area (Å²) >= 11 is 6.09. The van der Waals surface area contributed by atoms with E-state index in [0.29, 0.717) is 34.0 Å². The van der Waals surface area contributed by atoms with Crippen LogP contribution in [0, 0.1) is 0 Å². The van der Waals surface area contributed by atoms with Crippen LogP contribution >= 0.6 is 11.6 Å². The molecule has 2 amide bonds. The molecule has 7 heteroatoms. The predicted molar refractivity (Wildman–Crippen MR) is 105 cm³/mol. The number of rotatable bonds is 7. The Kier molecular flexibility index (Phi) is 6.96. The van der Waals surface area contributed by atoms with Crippen molar-refractivity contribution in [2.24, 2.45) is 0 Å². The number of benzene rings is 2. The second-order valence-electron chi connectivity index (χ2n) is 6.03. The maximum atomic E-state index is 12.1. The molecule has 0 aromatic heterocycles. The fourth-order valence-electron chi connectivity index (χ4n) is 2.29. The van der Waals surface area contributed by atoms with Crippen LogP contribution in [0.25, 0.3) is 0 Å². The molecule has 0 unspecified atom stereocenters. The van der Waals surface area contributed by atoms with Gasteiger partial charge in [0.1, 0.15) is 5.75 Å². The van der Waals surface area contributed by atoms with E-state index >= 15 is 0 Å². The first kappa shape index (κ1) is 20.5. The van der Waals surface area contributed by atoms with Gasteiger partial charge in [-0.2, -0.15) is 0 Å². The summed E-state index contributed by atoms with van der Waals surface area (Å²) in [5, 5.41) is 2.95. The smallest absolute Gasteiger partial charge is 0.262 e. The fraction of sp³-hybridized carbons (Fsp3) is 0.250. The van der Waals surface area contributed by atoms with Crippen molar-refractivity contribution in [3.8, 4) is 5.75 Å². The molecule has 0 spiro atoms. The lowest BCUT2D eigenvalue weighted by molar-refractivity contribution is -0.118. The Labute approximate surface area is 163 Å². The summed E-state index contributed by atoms with van der Waals surface area (Å²) in [4.78, 5) is 37.2. The third kappa shape index (κ3) is 5.56. The Morgan fingerprint density at radius 3 is 2.26 bits per heavy atom. The zero-order chi connectivity index (χ0) is 20.0. The zero-order valence-electron chi connectivity index (χ0n) is 15.4. The first-order chi connectivity index (χ1) is 12.8. The normalized spacial score (nSPS) is 10.2. The quantitative estimate of drug-likeness (QED) is 0.734. The van der Waals surface area contributed by atoms with Gasteiger partial charge in [-0.05, 0) is 42.5 Å². The lowest BCUT2D eigenvalue weighted by Crippen LogP contribution is -2.23. The molecule has 0 aliphatic carbocycles. The van der Waals surface area contributed by atoms with Crippen LogP contribution in [0.15, 0.2) is 42.5 Å². The van der Waals surface area contributed by atoms with Crippen molar-refractivity contribution in [1.29, 1.82) is 0 Å². The molecule has 2 rings (SSSR count). The molecule has 0 bridgehead atoms. The summed E-state index contributed by atoms with van der Waals surface area (Å²) in [7, 11) is 3.28. The maximum absolute atomic E-state index is 12.1. The van der Waals surface area contributed by atoms with Crippen molar-refractivity contribution in [3.05, 3.63) is 58.6 Å². The highest BCUT2D eigenvalue weighted by Gasteiger charge is 2.13. The molecule has 2 aromatic rings. The van der Waals surface area contributed by atoms with Crippen molar-refractivity contribution >= 4 is 34.9 Å². The Balaban J connectivity index is 1.98. The van der Waals surface area contributed by atoms with Crippen molar-refractivity contribution < 1.29 is 19.1 Å². The molecule has 0 radical (unpaired) electrons. The SMILES string of the molecule is CCC(=O)c1ccc(OCC(=O)Nc2cc(C(=O)N(C)C)ccc2Cl)cc1. The first-order valence-corrected chi connectivity index (χ1v) is 8.76. The Hall–Kier alpha value is -2.86. The number of anilines is 1. The number of amides is 2. The Morgan fingerprint density at radius 2 is 1.67 bits per heavy atom. The van der Waals surface area contributed by atoms with Gasteiger partial charge in [-0.25, -0.2) is 0 Å². The van der Waals surface area contributed by atoms with Gasteiger partial charge >= 0.3 is 0 Å². The van der Waals surface area contributed by atoms with E-state index in [1.54, 1.807) is 57.4 Å². The van der Waals surface area contributed by atoms with E-state index in [1.807, 2.05) is 0 Å². The average molecular weight is 389 g/mol. The minimum atomic E-state index is -0.417. The van der Waals surface area contributed by atoms with Crippen molar-refractivity contribution in [2.45, 2.75) is 13.3 Å². The second-order valence-corrected chi connectivity index (χ2v) is 6.44. The topological polar surface area (TPSA) is 75.7 Å². The molecule has 0 aliphatic rings. The van der Waals surface area contributed by atoms with Crippen LogP contribution in [0.5, 0.6) is 5.75 Å². The molecule has 0 aliphatic heterocycles. The highest BCUT2D eigenvalue weighted by atomic mass is 35.5. The lowest BCUT2D eigenvalue weighted by atomic mass is 10.1. The maximum Gasteiger partial charge on any atom is 0.262 e. The van der Waals surface area contributed by atoms with E-state index in [1.165, 1.54) is 11.0 Å². The number of hydrogen-bond donors (Lipinski definition) is 1. The lowest BCUT2D eigenvalue weighted by Gasteiger charge is -2.13. The van der Waals surface area contributed by atoms with Gasteiger partial charge in [0.15, 0.2) is 12.4 Å². The zero-order valence-corrected chi connectivity index (χ0v) is 16.2. The van der Waals surface area contributed by atoms with Gasteiger partial charge in [-0.3, -0.25) is 14.4 Å². The molecule has 142 valence electrons. The van der Waals surface area contributed by atoms with Crippen molar-refractivity contribution in [3.63, 3.8) is 0 Å². The molecule has 6 nitrogen and oxygen atoms in total. The third-order valence-corrected chi connectivity index (χ3v) is 4.09.